The van der Waals surface area contributed by atoms with E-state index in [-0.39, 0.29) is 4.65 Å². The van der Waals surface area contributed by atoms with Gasteiger partial charge in [-0.3, -0.25) is 0 Å². The minimum atomic E-state index is -0.326. The van der Waals surface area contributed by atoms with Gasteiger partial charge in [-0.2, -0.15) is 0 Å². The van der Waals surface area contributed by atoms with Crippen molar-refractivity contribution >= 4 is 33.1 Å². The van der Waals surface area contributed by atoms with Gasteiger partial charge in [-0.25, -0.2) is 9.97 Å². The molecule has 0 aliphatic rings. The first-order chi connectivity index (χ1) is 11.8. The number of nitrogens with zero attached hydrogens (tertiary/aromatic N) is 4. The Morgan fingerprint density at radius 1 is 1.00 bits per heavy atom. The first kappa shape index (κ1) is 16.0. The number of likely N-dealkylation sites (N-methyl/N-ethyl adjacent to an activating group) is 1. The largest absolute Gasteiger partial charge is 0.633 e. The fourth-order valence-electron chi connectivity index (χ4n) is 3.26. The molecule has 0 spiro atoms. The summed E-state index contributed by atoms with van der Waals surface area (Å²) in [6, 6.07) is 12.4. The maximum atomic E-state index is 12.1. The van der Waals surface area contributed by atoms with Crippen molar-refractivity contribution in [2.45, 2.75) is 20.4 Å². The lowest BCUT2D eigenvalue weighted by atomic mass is 10.1. The molecular formula is C20H22N4O. The molecule has 5 nitrogen and oxygen atoms in total. The van der Waals surface area contributed by atoms with Gasteiger partial charge in [-0.1, -0.05) is 18.2 Å². The standard InChI is InChI=1S/C20H22N4O/c1-13-11-16-17(12-14(13)2)22-20-19(21-16)15-7-5-6-8-18(15)23(20)9-10-24(3,4)25/h5-8,11-12H,9-10H2,1-4H3. The number of hydrogen-bond acceptors (Lipinski definition) is 3. The third-order valence-electron chi connectivity index (χ3n) is 4.83. The molecule has 2 aromatic carbocycles. The molecule has 2 aromatic heterocycles. The molecule has 0 bridgehead atoms. The molecule has 0 unspecified atom stereocenters. The molecule has 0 radical (unpaired) electrons. The van der Waals surface area contributed by atoms with Gasteiger partial charge in [0.05, 0.1) is 43.7 Å². The van der Waals surface area contributed by atoms with Crippen molar-refractivity contribution in [3.05, 3.63) is 52.7 Å². The molecule has 4 aromatic rings. The monoisotopic (exact) mass is 334 g/mol. The van der Waals surface area contributed by atoms with Crippen molar-refractivity contribution in [2.24, 2.45) is 0 Å². The lowest BCUT2D eigenvalue weighted by molar-refractivity contribution is -0.840. The van der Waals surface area contributed by atoms with Crippen molar-refractivity contribution in [2.75, 3.05) is 20.6 Å². The average Bonchev–Trinajstić information content (AvgIpc) is 2.85. The lowest BCUT2D eigenvalue weighted by Gasteiger charge is -2.33. The van der Waals surface area contributed by atoms with Crippen LogP contribution in [0.3, 0.4) is 0 Å². The normalized spacial score (nSPS) is 12.5. The van der Waals surface area contributed by atoms with Gasteiger partial charge < -0.3 is 14.4 Å². The molecule has 4 rings (SSSR count). The summed E-state index contributed by atoms with van der Waals surface area (Å²) in [5, 5.41) is 13.1. The molecule has 0 atom stereocenters. The third-order valence-corrected chi connectivity index (χ3v) is 4.83. The number of hydrogen-bond donors (Lipinski definition) is 0. The summed E-state index contributed by atoms with van der Waals surface area (Å²) in [4.78, 5) is 9.82. The highest BCUT2D eigenvalue weighted by Crippen LogP contribution is 2.29. The molecule has 0 saturated carbocycles. The Labute approximate surface area is 146 Å². The van der Waals surface area contributed by atoms with E-state index in [1.54, 1.807) is 14.1 Å². The van der Waals surface area contributed by atoms with Gasteiger partial charge in [-0.15, -0.1) is 0 Å². The zero-order chi connectivity index (χ0) is 17.8. The molecular weight excluding hydrogens is 312 g/mol. The maximum Gasteiger partial charge on any atom is 0.160 e. The van der Waals surface area contributed by atoms with Crippen molar-refractivity contribution in [1.29, 1.82) is 0 Å². The van der Waals surface area contributed by atoms with Gasteiger partial charge in [-0.05, 0) is 43.2 Å². The van der Waals surface area contributed by atoms with E-state index in [0.29, 0.717) is 13.1 Å². The smallest absolute Gasteiger partial charge is 0.160 e. The third kappa shape index (κ3) is 2.75. The minimum Gasteiger partial charge on any atom is -0.633 e. The Morgan fingerprint density at radius 3 is 2.32 bits per heavy atom. The molecule has 128 valence electrons. The number of rotatable bonds is 3. The summed E-state index contributed by atoms with van der Waals surface area (Å²) in [6.45, 7) is 5.29. The average molecular weight is 334 g/mol. The highest BCUT2D eigenvalue weighted by molar-refractivity contribution is 6.06. The van der Waals surface area contributed by atoms with Gasteiger partial charge in [0, 0.05) is 5.39 Å². The SMILES string of the molecule is Cc1cc2nc3c4ccccc4n(CC[N+](C)(C)[O-])c3nc2cc1C. The Bertz CT molecular complexity index is 1110. The van der Waals surface area contributed by atoms with Crippen molar-refractivity contribution in [3.63, 3.8) is 0 Å². The van der Waals surface area contributed by atoms with E-state index < -0.39 is 0 Å². The van der Waals surface area contributed by atoms with Gasteiger partial charge in [0.25, 0.3) is 0 Å². The summed E-state index contributed by atoms with van der Waals surface area (Å²) >= 11 is 0. The number of hydroxylamine groups is 3. The van der Waals surface area contributed by atoms with Crippen LogP contribution < -0.4 is 0 Å². The Hall–Kier alpha value is -2.50. The van der Waals surface area contributed by atoms with Crippen LogP contribution in [-0.4, -0.2) is 39.8 Å². The molecule has 25 heavy (non-hydrogen) atoms. The van der Waals surface area contributed by atoms with Gasteiger partial charge in [0.15, 0.2) is 5.65 Å². The van der Waals surface area contributed by atoms with E-state index in [4.69, 9.17) is 9.97 Å². The molecule has 5 heteroatoms. The molecule has 0 aliphatic carbocycles. The second kappa shape index (κ2) is 5.51. The highest BCUT2D eigenvalue weighted by atomic mass is 16.5. The van der Waals surface area contributed by atoms with Gasteiger partial charge in [0.2, 0.25) is 0 Å². The molecule has 0 N–H and O–H groups in total. The Morgan fingerprint density at radius 2 is 1.64 bits per heavy atom. The van der Waals surface area contributed by atoms with E-state index in [2.05, 4.69) is 42.7 Å². The van der Waals surface area contributed by atoms with Crippen molar-refractivity contribution in [1.82, 2.24) is 14.5 Å². The number of benzene rings is 2. The number of aryl methyl sites for hydroxylation is 2. The molecule has 2 heterocycles. The predicted molar refractivity (Wildman–Crippen MR) is 102 cm³/mol. The van der Waals surface area contributed by atoms with Crippen LogP contribution in [0.25, 0.3) is 33.1 Å². The zero-order valence-electron chi connectivity index (χ0n) is 15.1. The Balaban J connectivity index is 2.03. The molecule has 0 fully saturated rings. The van der Waals surface area contributed by atoms with E-state index in [9.17, 15) is 5.21 Å². The van der Waals surface area contributed by atoms with Crippen LogP contribution in [0.4, 0.5) is 0 Å². The topological polar surface area (TPSA) is 53.8 Å². The first-order valence-electron chi connectivity index (χ1n) is 8.53. The zero-order valence-corrected chi connectivity index (χ0v) is 15.1. The van der Waals surface area contributed by atoms with Crippen LogP contribution in [0.2, 0.25) is 0 Å². The summed E-state index contributed by atoms with van der Waals surface area (Å²) < 4.78 is 1.80. The summed E-state index contributed by atoms with van der Waals surface area (Å²) in [5.74, 6) is 0. The summed E-state index contributed by atoms with van der Waals surface area (Å²) in [5.41, 5.74) is 7.08. The molecule has 0 amide bonds. The fraction of sp³-hybridized carbons (Fsp3) is 0.300. The van der Waals surface area contributed by atoms with E-state index in [1.165, 1.54) is 11.1 Å². The van der Waals surface area contributed by atoms with Gasteiger partial charge in [0.1, 0.15) is 5.52 Å². The number of quaternary nitrogens is 1. The lowest BCUT2D eigenvalue weighted by Crippen LogP contribution is -2.35. The quantitative estimate of drug-likeness (QED) is 0.421. The van der Waals surface area contributed by atoms with Crippen LogP contribution >= 0.6 is 0 Å². The van der Waals surface area contributed by atoms with Crippen LogP contribution in [-0.2, 0) is 6.54 Å². The second-order valence-corrected chi connectivity index (χ2v) is 7.29. The van der Waals surface area contributed by atoms with Gasteiger partial charge >= 0.3 is 0 Å². The highest BCUT2D eigenvalue weighted by Gasteiger charge is 2.16. The summed E-state index contributed by atoms with van der Waals surface area (Å²) in [6.07, 6.45) is 0. The first-order valence-corrected chi connectivity index (χ1v) is 8.53. The van der Waals surface area contributed by atoms with Crippen molar-refractivity contribution in [3.8, 4) is 0 Å². The van der Waals surface area contributed by atoms with Crippen LogP contribution in [0.15, 0.2) is 36.4 Å². The molecule has 0 saturated heterocycles. The maximum absolute atomic E-state index is 12.1. The van der Waals surface area contributed by atoms with E-state index in [1.807, 2.05) is 12.1 Å². The van der Waals surface area contributed by atoms with Crippen molar-refractivity contribution < 1.29 is 4.65 Å². The van der Waals surface area contributed by atoms with E-state index in [0.717, 1.165) is 33.1 Å². The summed E-state index contributed by atoms with van der Waals surface area (Å²) in [7, 11) is 3.34. The van der Waals surface area contributed by atoms with E-state index >= 15 is 0 Å². The second-order valence-electron chi connectivity index (χ2n) is 7.29. The predicted octanol–water partition coefficient (Wildman–Crippen LogP) is 3.93. The van der Waals surface area contributed by atoms with Crippen LogP contribution in [0, 0.1) is 19.1 Å². The number of para-hydroxylation sites is 1. The minimum absolute atomic E-state index is 0.326. The molecule has 0 aliphatic heterocycles. The Kier molecular flexibility index (Phi) is 3.52. The fourth-order valence-corrected chi connectivity index (χ4v) is 3.26. The number of fused-ring (bicyclic) bond motifs is 4. The van der Waals surface area contributed by atoms with Crippen LogP contribution in [0.5, 0.6) is 0 Å². The number of aromatic nitrogens is 3. The van der Waals surface area contributed by atoms with Crippen LogP contribution in [0.1, 0.15) is 11.1 Å².